The number of nitrogens with zero attached hydrogens (tertiary/aromatic N) is 1. The number of amides is 1. The number of sulfonamides is 1. The number of nitrogens with two attached hydrogens (primary N) is 1. The summed E-state index contributed by atoms with van der Waals surface area (Å²) >= 11 is 0. The highest BCUT2D eigenvalue weighted by molar-refractivity contribution is 7.89. The summed E-state index contributed by atoms with van der Waals surface area (Å²) in [6, 6.07) is 10.9. The van der Waals surface area contributed by atoms with E-state index in [9.17, 15) is 13.2 Å². The molecule has 3 N–H and O–H groups in total. The topological polar surface area (TPSA) is 111 Å². The lowest BCUT2D eigenvalue weighted by Gasteiger charge is -2.26. The van der Waals surface area contributed by atoms with E-state index in [0.29, 0.717) is 30.2 Å². The SMILES string of the molecule is COc1ccc(NC(=O)c2ccc(N)cc2)cc1S(=O)(=O)N1CCOCC1. The minimum atomic E-state index is -3.77. The Morgan fingerprint density at radius 1 is 1.15 bits per heavy atom. The lowest BCUT2D eigenvalue weighted by molar-refractivity contribution is 0.0729. The molecular weight excluding hydrogens is 370 g/mol. The first kappa shape index (κ1) is 19.2. The molecule has 0 aliphatic carbocycles. The summed E-state index contributed by atoms with van der Waals surface area (Å²) in [7, 11) is -2.37. The van der Waals surface area contributed by atoms with Gasteiger partial charge in [0.2, 0.25) is 10.0 Å². The van der Waals surface area contributed by atoms with Crippen LogP contribution in [-0.4, -0.2) is 52.0 Å². The van der Waals surface area contributed by atoms with Crippen molar-refractivity contribution in [2.75, 3.05) is 44.5 Å². The number of carbonyl (C=O) groups excluding carboxylic acids is 1. The lowest BCUT2D eigenvalue weighted by Crippen LogP contribution is -2.40. The Labute approximate surface area is 157 Å². The fraction of sp³-hybridized carbons (Fsp3) is 0.278. The molecule has 9 heteroatoms. The molecule has 1 aliphatic rings. The van der Waals surface area contributed by atoms with Crippen LogP contribution in [-0.2, 0) is 14.8 Å². The molecule has 0 atom stereocenters. The Kier molecular flexibility index (Phi) is 5.64. The van der Waals surface area contributed by atoms with E-state index in [0.717, 1.165) is 0 Å². The van der Waals surface area contributed by atoms with Gasteiger partial charge in [0.25, 0.3) is 5.91 Å². The van der Waals surface area contributed by atoms with Crippen molar-refractivity contribution < 1.29 is 22.7 Å². The molecule has 1 aliphatic heterocycles. The van der Waals surface area contributed by atoms with Gasteiger partial charge in [-0.25, -0.2) is 8.42 Å². The third-order valence-electron chi connectivity index (χ3n) is 4.18. The minimum Gasteiger partial charge on any atom is -0.495 e. The first-order valence-electron chi connectivity index (χ1n) is 8.34. The number of anilines is 2. The third kappa shape index (κ3) is 4.21. The number of carbonyl (C=O) groups is 1. The second-order valence-electron chi connectivity index (χ2n) is 5.96. The predicted octanol–water partition coefficient (Wildman–Crippen LogP) is 1.55. The van der Waals surface area contributed by atoms with Crippen LogP contribution in [0.3, 0.4) is 0 Å². The predicted molar refractivity (Wildman–Crippen MR) is 101 cm³/mol. The van der Waals surface area contributed by atoms with Crippen LogP contribution in [0.25, 0.3) is 0 Å². The zero-order chi connectivity index (χ0) is 19.4. The maximum atomic E-state index is 13.0. The summed E-state index contributed by atoms with van der Waals surface area (Å²) in [6.45, 7) is 1.23. The van der Waals surface area contributed by atoms with E-state index in [-0.39, 0.29) is 29.6 Å². The number of morpholine rings is 1. The monoisotopic (exact) mass is 391 g/mol. The quantitative estimate of drug-likeness (QED) is 0.748. The van der Waals surface area contributed by atoms with Gasteiger partial charge in [-0.2, -0.15) is 4.31 Å². The average molecular weight is 391 g/mol. The summed E-state index contributed by atoms with van der Waals surface area (Å²) < 4.78 is 37.7. The molecule has 0 spiro atoms. The van der Waals surface area contributed by atoms with Gasteiger partial charge in [-0.3, -0.25) is 4.79 Å². The maximum Gasteiger partial charge on any atom is 0.255 e. The molecule has 1 fully saturated rings. The van der Waals surface area contributed by atoms with Gasteiger partial charge in [0.05, 0.1) is 20.3 Å². The number of rotatable bonds is 5. The van der Waals surface area contributed by atoms with Gasteiger partial charge in [-0.15, -0.1) is 0 Å². The van der Waals surface area contributed by atoms with E-state index in [1.807, 2.05) is 0 Å². The minimum absolute atomic E-state index is 0.00186. The molecule has 144 valence electrons. The molecular formula is C18H21N3O5S. The number of nitrogens with one attached hydrogen (secondary N) is 1. The van der Waals surface area contributed by atoms with Crippen LogP contribution in [0.15, 0.2) is 47.4 Å². The first-order chi connectivity index (χ1) is 12.9. The molecule has 2 aromatic carbocycles. The van der Waals surface area contributed by atoms with Crippen molar-refractivity contribution in [2.45, 2.75) is 4.90 Å². The first-order valence-corrected chi connectivity index (χ1v) is 9.78. The maximum absolute atomic E-state index is 13.0. The second kappa shape index (κ2) is 7.95. The lowest BCUT2D eigenvalue weighted by atomic mass is 10.2. The number of nitrogen functional groups attached to an aromatic ring is 1. The zero-order valence-electron chi connectivity index (χ0n) is 14.8. The van der Waals surface area contributed by atoms with Gasteiger partial charge >= 0.3 is 0 Å². The summed E-state index contributed by atoms with van der Waals surface area (Å²) in [5.41, 5.74) is 6.94. The van der Waals surface area contributed by atoms with Crippen molar-refractivity contribution in [3.63, 3.8) is 0 Å². The van der Waals surface area contributed by atoms with E-state index in [1.165, 1.54) is 23.5 Å². The Bertz CT molecular complexity index is 923. The molecule has 1 heterocycles. The number of benzene rings is 2. The second-order valence-corrected chi connectivity index (χ2v) is 7.86. The largest absolute Gasteiger partial charge is 0.495 e. The number of hydrogen-bond acceptors (Lipinski definition) is 6. The van der Waals surface area contributed by atoms with Crippen LogP contribution in [0, 0.1) is 0 Å². The average Bonchev–Trinajstić information content (AvgIpc) is 2.69. The Hall–Kier alpha value is -2.62. The van der Waals surface area contributed by atoms with Gasteiger partial charge in [-0.05, 0) is 42.5 Å². The molecule has 0 bridgehead atoms. The molecule has 1 amide bonds. The number of methoxy groups -OCH3 is 1. The molecule has 0 radical (unpaired) electrons. The van der Waals surface area contributed by atoms with E-state index in [1.54, 1.807) is 30.3 Å². The summed E-state index contributed by atoms with van der Waals surface area (Å²) in [4.78, 5) is 12.4. The highest BCUT2D eigenvalue weighted by Gasteiger charge is 2.29. The normalized spacial score (nSPS) is 15.3. The Morgan fingerprint density at radius 2 is 1.81 bits per heavy atom. The molecule has 0 unspecified atom stereocenters. The van der Waals surface area contributed by atoms with Crippen molar-refractivity contribution >= 4 is 27.3 Å². The molecule has 27 heavy (non-hydrogen) atoms. The van der Waals surface area contributed by atoms with E-state index in [2.05, 4.69) is 5.32 Å². The third-order valence-corrected chi connectivity index (χ3v) is 6.10. The summed E-state index contributed by atoms with van der Waals surface area (Å²) in [5, 5.41) is 2.70. The standard InChI is InChI=1S/C18H21N3O5S/c1-25-16-7-6-15(20-18(22)13-2-4-14(19)5-3-13)12-17(16)27(23,24)21-8-10-26-11-9-21/h2-7,12H,8-11,19H2,1H3,(H,20,22). The molecule has 0 aromatic heterocycles. The van der Waals surface area contributed by atoms with Crippen molar-refractivity contribution in [2.24, 2.45) is 0 Å². The molecule has 3 rings (SSSR count). The van der Waals surface area contributed by atoms with Gasteiger partial charge < -0.3 is 20.5 Å². The van der Waals surface area contributed by atoms with Crippen molar-refractivity contribution in [1.82, 2.24) is 4.31 Å². The number of ether oxygens (including phenoxy) is 2. The van der Waals surface area contributed by atoms with Gasteiger partial charge in [0.15, 0.2) is 0 Å². The highest BCUT2D eigenvalue weighted by atomic mass is 32.2. The molecule has 8 nitrogen and oxygen atoms in total. The Morgan fingerprint density at radius 3 is 2.44 bits per heavy atom. The van der Waals surface area contributed by atoms with E-state index in [4.69, 9.17) is 15.2 Å². The van der Waals surface area contributed by atoms with Crippen LogP contribution in [0.2, 0.25) is 0 Å². The molecule has 0 saturated carbocycles. The van der Waals surface area contributed by atoms with Gasteiger partial charge in [-0.1, -0.05) is 0 Å². The van der Waals surface area contributed by atoms with Crippen LogP contribution in [0.1, 0.15) is 10.4 Å². The molecule has 1 saturated heterocycles. The fourth-order valence-corrected chi connectivity index (χ4v) is 4.31. The van der Waals surface area contributed by atoms with Gasteiger partial charge in [0.1, 0.15) is 10.6 Å². The smallest absolute Gasteiger partial charge is 0.255 e. The highest BCUT2D eigenvalue weighted by Crippen LogP contribution is 2.30. The zero-order valence-corrected chi connectivity index (χ0v) is 15.7. The van der Waals surface area contributed by atoms with Crippen molar-refractivity contribution in [3.8, 4) is 5.75 Å². The Balaban J connectivity index is 1.89. The van der Waals surface area contributed by atoms with Crippen molar-refractivity contribution in [3.05, 3.63) is 48.0 Å². The van der Waals surface area contributed by atoms with E-state index >= 15 is 0 Å². The van der Waals surface area contributed by atoms with Crippen LogP contribution >= 0.6 is 0 Å². The van der Waals surface area contributed by atoms with Gasteiger partial charge in [0, 0.05) is 30.0 Å². The summed E-state index contributed by atoms with van der Waals surface area (Å²) in [6.07, 6.45) is 0. The van der Waals surface area contributed by atoms with E-state index < -0.39 is 10.0 Å². The summed E-state index contributed by atoms with van der Waals surface area (Å²) in [5.74, 6) is -0.151. The van der Waals surface area contributed by atoms with Crippen LogP contribution in [0.5, 0.6) is 5.75 Å². The van der Waals surface area contributed by atoms with Crippen molar-refractivity contribution in [1.29, 1.82) is 0 Å². The number of hydrogen-bond donors (Lipinski definition) is 2. The van der Waals surface area contributed by atoms with Crippen LogP contribution < -0.4 is 15.8 Å². The molecule has 2 aromatic rings. The van der Waals surface area contributed by atoms with Crippen LogP contribution in [0.4, 0.5) is 11.4 Å². The fourth-order valence-electron chi connectivity index (χ4n) is 2.72.